The van der Waals surface area contributed by atoms with Crippen LogP contribution in [-0.2, 0) is 4.74 Å². The van der Waals surface area contributed by atoms with Gasteiger partial charge in [-0.25, -0.2) is 0 Å². The third-order valence-electron chi connectivity index (χ3n) is 2.95. The van der Waals surface area contributed by atoms with Crippen molar-refractivity contribution in [2.45, 2.75) is 31.9 Å². The quantitative estimate of drug-likeness (QED) is 0.910. The molecule has 1 aromatic carbocycles. The van der Waals surface area contributed by atoms with Gasteiger partial charge >= 0.3 is 0 Å². The second kappa shape index (κ2) is 5.52. The van der Waals surface area contributed by atoms with Crippen molar-refractivity contribution >= 4 is 21.6 Å². The number of anilines is 1. The second-order valence-corrected chi connectivity index (χ2v) is 5.26. The Balaban J connectivity index is 2.10. The van der Waals surface area contributed by atoms with E-state index in [0.29, 0.717) is 17.7 Å². The first-order valence-corrected chi connectivity index (χ1v) is 6.56. The van der Waals surface area contributed by atoms with Gasteiger partial charge in [0, 0.05) is 17.1 Å². The van der Waals surface area contributed by atoms with Crippen LogP contribution in [0.25, 0.3) is 0 Å². The SMILES string of the molecule is CC1CC(Nc2ccc(Br)cc2C#N)CCO1. The van der Waals surface area contributed by atoms with Crippen molar-refractivity contribution in [3.05, 3.63) is 28.2 Å². The predicted octanol–water partition coefficient (Wildman–Crippen LogP) is 3.30. The molecule has 1 heterocycles. The van der Waals surface area contributed by atoms with Crippen LogP contribution in [0.4, 0.5) is 5.69 Å². The molecule has 0 saturated carbocycles. The van der Waals surface area contributed by atoms with Gasteiger partial charge in [-0.3, -0.25) is 0 Å². The monoisotopic (exact) mass is 294 g/mol. The zero-order chi connectivity index (χ0) is 12.3. The summed E-state index contributed by atoms with van der Waals surface area (Å²) in [7, 11) is 0. The third-order valence-corrected chi connectivity index (χ3v) is 3.44. The van der Waals surface area contributed by atoms with Crippen LogP contribution in [0, 0.1) is 11.3 Å². The van der Waals surface area contributed by atoms with Crippen molar-refractivity contribution < 1.29 is 4.74 Å². The van der Waals surface area contributed by atoms with Gasteiger partial charge in [-0.1, -0.05) is 15.9 Å². The third kappa shape index (κ3) is 3.21. The number of benzene rings is 1. The summed E-state index contributed by atoms with van der Waals surface area (Å²) >= 11 is 3.37. The van der Waals surface area contributed by atoms with Gasteiger partial charge in [0.2, 0.25) is 0 Å². The van der Waals surface area contributed by atoms with Gasteiger partial charge in [0.25, 0.3) is 0 Å². The molecule has 1 N–H and O–H groups in total. The van der Waals surface area contributed by atoms with Crippen LogP contribution >= 0.6 is 15.9 Å². The number of nitriles is 1. The van der Waals surface area contributed by atoms with Gasteiger partial charge in [-0.15, -0.1) is 0 Å². The van der Waals surface area contributed by atoms with E-state index in [4.69, 9.17) is 10.00 Å². The molecule has 17 heavy (non-hydrogen) atoms. The zero-order valence-electron chi connectivity index (χ0n) is 9.74. The number of nitrogens with one attached hydrogen (secondary N) is 1. The van der Waals surface area contributed by atoms with Gasteiger partial charge in [0.15, 0.2) is 0 Å². The highest BCUT2D eigenvalue weighted by Gasteiger charge is 2.19. The minimum Gasteiger partial charge on any atom is -0.381 e. The normalized spacial score (nSPS) is 24.1. The van der Waals surface area contributed by atoms with E-state index in [2.05, 4.69) is 34.2 Å². The van der Waals surface area contributed by atoms with E-state index in [1.54, 1.807) is 0 Å². The highest BCUT2D eigenvalue weighted by Crippen LogP contribution is 2.24. The topological polar surface area (TPSA) is 45.0 Å². The summed E-state index contributed by atoms with van der Waals surface area (Å²) in [6.45, 7) is 2.87. The molecule has 1 aliphatic rings. The summed E-state index contributed by atoms with van der Waals surface area (Å²) in [6, 6.07) is 8.34. The molecule has 3 nitrogen and oxygen atoms in total. The molecule has 90 valence electrons. The van der Waals surface area contributed by atoms with Crippen molar-refractivity contribution in [3.63, 3.8) is 0 Å². The van der Waals surface area contributed by atoms with Crippen LogP contribution in [0.3, 0.4) is 0 Å². The summed E-state index contributed by atoms with van der Waals surface area (Å²) in [5, 5.41) is 12.5. The van der Waals surface area contributed by atoms with Crippen LogP contribution in [0.1, 0.15) is 25.3 Å². The Bertz CT molecular complexity index is 442. The Morgan fingerprint density at radius 3 is 3.06 bits per heavy atom. The minimum atomic E-state index is 0.294. The number of halogens is 1. The molecule has 0 spiro atoms. The lowest BCUT2D eigenvalue weighted by atomic mass is 10.0. The Hall–Kier alpha value is -1.05. The standard InChI is InChI=1S/C13H15BrN2O/c1-9-6-12(4-5-17-9)16-13-3-2-11(14)7-10(13)8-15/h2-3,7,9,12,16H,4-6H2,1H3. The first kappa shape index (κ1) is 12.4. The maximum Gasteiger partial charge on any atom is 0.101 e. The fourth-order valence-corrected chi connectivity index (χ4v) is 2.44. The lowest BCUT2D eigenvalue weighted by molar-refractivity contribution is 0.0232. The summed E-state index contributed by atoms with van der Waals surface area (Å²) in [5.74, 6) is 0. The number of rotatable bonds is 2. The fraction of sp³-hybridized carbons (Fsp3) is 0.462. The highest BCUT2D eigenvalue weighted by molar-refractivity contribution is 9.10. The van der Waals surface area contributed by atoms with E-state index < -0.39 is 0 Å². The largest absolute Gasteiger partial charge is 0.381 e. The summed E-state index contributed by atoms with van der Waals surface area (Å²) < 4.78 is 6.44. The van der Waals surface area contributed by atoms with Crippen LogP contribution in [0.5, 0.6) is 0 Å². The highest BCUT2D eigenvalue weighted by atomic mass is 79.9. The van der Waals surface area contributed by atoms with Crippen molar-refractivity contribution in [3.8, 4) is 6.07 Å². The molecular formula is C13H15BrN2O. The average molecular weight is 295 g/mol. The Labute approximate surface area is 110 Å². The van der Waals surface area contributed by atoms with E-state index in [1.165, 1.54) is 0 Å². The molecule has 1 fully saturated rings. The number of ether oxygens (including phenoxy) is 1. The first-order valence-electron chi connectivity index (χ1n) is 5.77. The number of nitrogens with zero attached hydrogens (tertiary/aromatic N) is 1. The molecule has 2 unspecified atom stereocenters. The molecular weight excluding hydrogens is 280 g/mol. The molecule has 0 radical (unpaired) electrons. The molecule has 0 bridgehead atoms. The molecule has 1 saturated heterocycles. The number of hydrogen-bond acceptors (Lipinski definition) is 3. The van der Waals surface area contributed by atoms with Crippen LogP contribution in [0.15, 0.2) is 22.7 Å². The van der Waals surface area contributed by atoms with E-state index in [0.717, 1.165) is 29.6 Å². The van der Waals surface area contributed by atoms with E-state index >= 15 is 0 Å². The van der Waals surface area contributed by atoms with Gasteiger partial charge < -0.3 is 10.1 Å². The molecule has 0 amide bonds. The molecule has 1 aromatic rings. The lowest BCUT2D eigenvalue weighted by Crippen LogP contribution is -2.32. The predicted molar refractivity (Wildman–Crippen MR) is 70.9 cm³/mol. The number of hydrogen-bond donors (Lipinski definition) is 1. The van der Waals surface area contributed by atoms with Gasteiger partial charge in [0.1, 0.15) is 6.07 Å². The first-order chi connectivity index (χ1) is 8.19. The fourth-order valence-electron chi connectivity index (χ4n) is 2.08. The van der Waals surface area contributed by atoms with Crippen LogP contribution < -0.4 is 5.32 Å². The summed E-state index contributed by atoms with van der Waals surface area (Å²) in [6.07, 6.45) is 2.27. The van der Waals surface area contributed by atoms with Crippen molar-refractivity contribution in [1.29, 1.82) is 5.26 Å². The van der Waals surface area contributed by atoms with Crippen molar-refractivity contribution in [2.75, 3.05) is 11.9 Å². The maximum absolute atomic E-state index is 9.09. The smallest absolute Gasteiger partial charge is 0.101 e. The maximum atomic E-state index is 9.09. The molecule has 2 atom stereocenters. The summed E-state index contributed by atoms with van der Waals surface area (Å²) in [4.78, 5) is 0. The Morgan fingerprint density at radius 1 is 1.53 bits per heavy atom. The minimum absolute atomic E-state index is 0.294. The molecule has 1 aliphatic heterocycles. The zero-order valence-corrected chi connectivity index (χ0v) is 11.3. The van der Waals surface area contributed by atoms with Gasteiger partial charge in [-0.2, -0.15) is 5.26 Å². The van der Waals surface area contributed by atoms with Crippen LogP contribution in [-0.4, -0.2) is 18.8 Å². The van der Waals surface area contributed by atoms with Crippen molar-refractivity contribution in [2.24, 2.45) is 0 Å². The lowest BCUT2D eigenvalue weighted by Gasteiger charge is -2.29. The Kier molecular flexibility index (Phi) is 4.03. The van der Waals surface area contributed by atoms with E-state index in [-0.39, 0.29) is 0 Å². The molecule has 0 aliphatic carbocycles. The van der Waals surface area contributed by atoms with Gasteiger partial charge in [0.05, 0.1) is 17.4 Å². The summed E-state index contributed by atoms with van der Waals surface area (Å²) in [5.41, 5.74) is 1.59. The average Bonchev–Trinajstić information content (AvgIpc) is 2.31. The van der Waals surface area contributed by atoms with E-state index in [1.807, 2.05) is 18.2 Å². The van der Waals surface area contributed by atoms with Crippen LogP contribution in [0.2, 0.25) is 0 Å². The molecule has 0 aromatic heterocycles. The molecule has 2 rings (SSSR count). The van der Waals surface area contributed by atoms with E-state index in [9.17, 15) is 0 Å². The molecule has 4 heteroatoms. The van der Waals surface area contributed by atoms with Gasteiger partial charge in [-0.05, 0) is 38.0 Å². The second-order valence-electron chi connectivity index (χ2n) is 4.35. The Morgan fingerprint density at radius 2 is 2.35 bits per heavy atom. The van der Waals surface area contributed by atoms with Crippen molar-refractivity contribution in [1.82, 2.24) is 0 Å².